The number of benzene rings is 2. The highest BCUT2D eigenvalue weighted by Crippen LogP contribution is 2.20. The van der Waals surface area contributed by atoms with Gasteiger partial charge in [0, 0.05) is 17.1 Å². The second kappa shape index (κ2) is 8.93. The van der Waals surface area contributed by atoms with Crippen LogP contribution in [0.2, 0.25) is 5.02 Å². The molecule has 1 heterocycles. The minimum Gasteiger partial charge on any atom is -0.474 e. The standard InChI is InChI=1S/C24H19ClN2O3/c25-19-11-7-16(8-12-19)13-14-26-23(28)18-9-5-17(6-10-18)15-22-24(29)27-20-3-1-2-4-21(20)30-22/h1-12,15,21H,13-14H2,(H,26,28)/b22-15-. The average Bonchev–Trinajstić information content (AvgIpc) is 2.76. The van der Waals surface area contributed by atoms with Crippen molar-refractivity contribution >= 4 is 35.2 Å². The van der Waals surface area contributed by atoms with Gasteiger partial charge in [-0.15, -0.1) is 0 Å². The number of rotatable bonds is 5. The van der Waals surface area contributed by atoms with Crippen molar-refractivity contribution in [1.29, 1.82) is 0 Å². The maximum Gasteiger partial charge on any atom is 0.312 e. The van der Waals surface area contributed by atoms with E-state index < -0.39 is 5.91 Å². The third kappa shape index (κ3) is 4.75. The van der Waals surface area contributed by atoms with E-state index in [4.69, 9.17) is 16.3 Å². The molecule has 2 aromatic carbocycles. The van der Waals surface area contributed by atoms with E-state index in [1.165, 1.54) is 0 Å². The summed E-state index contributed by atoms with van der Waals surface area (Å²) >= 11 is 5.88. The molecule has 1 atom stereocenters. The largest absolute Gasteiger partial charge is 0.474 e. The van der Waals surface area contributed by atoms with Crippen molar-refractivity contribution in [3.63, 3.8) is 0 Å². The topological polar surface area (TPSA) is 67.8 Å². The summed E-state index contributed by atoms with van der Waals surface area (Å²) in [5.41, 5.74) is 3.01. The smallest absolute Gasteiger partial charge is 0.312 e. The SMILES string of the molecule is O=C1N=C2C=CC=CC2O/C1=C\c1ccc(C(=O)NCCc2ccc(Cl)cc2)cc1. The molecule has 2 amide bonds. The van der Waals surface area contributed by atoms with Crippen molar-refractivity contribution < 1.29 is 14.3 Å². The molecule has 0 saturated heterocycles. The van der Waals surface area contributed by atoms with Gasteiger partial charge in [0.1, 0.15) is 0 Å². The van der Waals surface area contributed by atoms with Crippen molar-refractivity contribution in [3.8, 4) is 0 Å². The Morgan fingerprint density at radius 1 is 1.10 bits per heavy atom. The molecule has 2 aliphatic rings. The molecule has 1 aliphatic heterocycles. The van der Waals surface area contributed by atoms with Gasteiger partial charge in [-0.05, 0) is 60.0 Å². The quantitative estimate of drug-likeness (QED) is 0.742. The zero-order chi connectivity index (χ0) is 20.9. The number of halogens is 1. The Hall–Kier alpha value is -3.44. The molecule has 0 aromatic heterocycles. The van der Waals surface area contributed by atoms with Gasteiger partial charge in [0.25, 0.3) is 5.91 Å². The maximum atomic E-state index is 12.3. The Kier molecular flexibility index (Phi) is 5.91. The Balaban J connectivity index is 1.36. The lowest BCUT2D eigenvalue weighted by Crippen LogP contribution is -2.29. The molecule has 5 nitrogen and oxygen atoms in total. The van der Waals surface area contributed by atoms with Gasteiger partial charge in [-0.3, -0.25) is 9.59 Å². The molecule has 0 saturated carbocycles. The molecule has 4 rings (SSSR count). The van der Waals surface area contributed by atoms with Gasteiger partial charge in [0.2, 0.25) is 0 Å². The van der Waals surface area contributed by atoms with Gasteiger partial charge < -0.3 is 10.1 Å². The summed E-state index contributed by atoms with van der Waals surface area (Å²) < 4.78 is 5.74. The van der Waals surface area contributed by atoms with Crippen LogP contribution in [0.3, 0.4) is 0 Å². The second-order valence-electron chi connectivity index (χ2n) is 6.89. The van der Waals surface area contributed by atoms with E-state index in [0.717, 1.165) is 17.5 Å². The number of hydrogen-bond donors (Lipinski definition) is 1. The number of ether oxygens (including phenoxy) is 1. The first-order valence-corrected chi connectivity index (χ1v) is 9.95. The minimum atomic E-state index is -0.412. The van der Waals surface area contributed by atoms with E-state index in [-0.39, 0.29) is 17.8 Å². The molecular formula is C24H19ClN2O3. The Bertz CT molecular complexity index is 1080. The third-order valence-corrected chi connectivity index (χ3v) is 4.99. The van der Waals surface area contributed by atoms with Crippen LogP contribution in [0.4, 0.5) is 0 Å². The van der Waals surface area contributed by atoms with E-state index in [0.29, 0.717) is 22.8 Å². The number of allylic oxidation sites excluding steroid dienone is 2. The fourth-order valence-corrected chi connectivity index (χ4v) is 3.25. The summed E-state index contributed by atoms with van der Waals surface area (Å²) in [4.78, 5) is 28.6. The van der Waals surface area contributed by atoms with Gasteiger partial charge >= 0.3 is 5.91 Å². The molecule has 0 fully saturated rings. The van der Waals surface area contributed by atoms with Crippen LogP contribution in [0.15, 0.2) is 83.6 Å². The van der Waals surface area contributed by atoms with Crippen LogP contribution in [0.1, 0.15) is 21.5 Å². The highest BCUT2D eigenvalue weighted by molar-refractivity contribution is 6.30. The maximum absolute atomic E-state index is 12.3. The molecule has 1 aliphatic carbocycles. The Labute approximate surface area is 179 Å². The predicted molar refractivity (Wildman–Crippen MR) is 118 cm³/mol. The molecule has 0 spiro atoms. The Morgan fingerprint density at radius 2 is 1.87 bits per heavy atom. The summed E-state index contributed by atoms with van der Waals surface area (Å²) in [5, 5.41) is 3.60. The van der Waals surface area contributed by atoms with Crippen molar-refractivity contribution in [2.75, 3.05) is 6.54 Å². The fourth-order valence-electron chi connectivity index (χ4n) is 3.12. The number of carbonyl (C=O) groups is 2. The van der Waals surface area contributed by atoms with Crippen molar-refractivity contribution in [1.82, 2.24) is 5.32 Å². The molecule has 0 radical (unpaired) electrons. The number of nitrogens with zero attached hydrogens (tertiary/aromatic N) is 1. The van der Waals surface area contributed by atoms with Crippen LogP contribution in [0, 0.1) is 0 Å². The average molecular weight is 419 g/mol. The normalized spacial score (nSPS) is 18.6. The minimum absolute atomic E-state index is 0.151. The first-order chi connectivity index (χ1) is 14.6. The number of fused-ring (bicyclic) bond motifs is 1. The summed E-state index contributed by atoms with van der Waals surface area (Å²) in [5.74, 6) is -0.379. The van der Waals surface area contributed by atoms with Gasteiger partial charge in [-0.25, -0.2) is 4.99 Å². The molecule has 6 heteroatoms. The lowest BCUT2D eigenvalue weighted by Gasteiger charge is -2.22. The van der Waals surface area contributed by atoms with E-state index in [2.05, 4.69) is 10.3 Å². The van der Waals surface area contributed by atoms with Crippen molar-refractivity contribution in [2.45, 2.75) is 12.5 Å². The van der Waals surface area contributed by atoms with E-state index in [1.807, 2.05) is 42.5 Å². The van der Waals surface area contributed by atoms with E-state index >= 15 is 0 Å². The lowest BCUT2D eigenvalue weighted by molar-refractivity contribution is -0.118. The van der Waals surface area contributed by atoms with Gasteiger partial charge in [-0.1, -0.05) is 48.0 Å². The van der Waals surface area contributed by atoms with Crippen molar-refractivity contribution in [2.24, 2.45) is 4.99 Å². The van der Waals surface area contributed by atoms with Gasteiger partial charge in [0.05, 0.1) is 5.71 Å². The van der Waals surface area contributed by atoms with Gasteiger partial charge in [0.15, 0.2) is 11.9 Å². The monoisotopic (exact) mass is 418 g/mol. The summed E-state index contributed by atoms with van der Waals surface area (Å²) in [6.45, 7) is 0.526. The highest BCUT2D eigenvalue weighted by atomic mass is 35.5. The number of aliphatic imine (C=N–C) groups is 1. The molecule has 1 N–H and O–H groups in total. The van der Waals surface area contributed by atoms with Crippen molar-refractivity contribution in [3.05, 3.63) is 100 Å². The number of nitrogens with one attached hydrogen (secondary N) is 1. The van der Waals surface area contributed by atoms with E-state index in [9.17, 15) is 9.59 Å². The summed E-state index contributed by atoms with van der Waals surface area (Å²) in [6.07, 6.45) is 9.30. The number of carbonyl (C=O) groups excluding carboxylic acids is 2. The molecular weight excluding hydrogens is 400 g/mol. The zero-order valence-corrected chi connectivity index (χ0v) is 16.8. The number of amides is 2. The summed E-state index contributed by atoms with van der Waals surface area (Å²) in [6, 6.07) is 14.5. The van der Waals surface area contributed by atoms with Gasteiger partial charge in [-0.2, -0.15) is 0 Å². The van der Waals surface area contributed by atoms with E-state index in [1.54, 1.807) is 36.4 Å². The lowest BCUT2D eigenvalue weighted by atomic mass is 10.1. The molecule has 0 bridgehead atoms. The molecule has 150 valence electrons. The molecule has 1 unspecified atom stereocenters. The van der Waals surface area contributed by atoms with Crippen LogP contribution in [0.5, 0.6) is 0 Å². The molecule has 30 heavy (non-hydrogen) atoms. The fraction of sp³-hybridized carbons (Fsp3) is 0.125. The number of hydrogen-bond acceptors (Lipinski definition) is 3. The molecule has 2 aromatic rings. The summed E-state index contributed by atoms with van der Waals surface area (Å²) in [7, 11) is 0. The third-order valence-electron chi connectivity index (χ3n) is 4.73. The highest BCUT2D eigenvalue weighted by Gasteiger charge is 2.26. The second-order valence-corrected chi connectivity index (χ2v) is 7.32. The predicted octanol–water partition coefficient (Wildman–Crippen LogP) is 4.15. The first kappa shape index (κ1) is 19.9. The van der Waals surface area contributed by atoms with Crippen LogP contribution in [-0.2, 0) is 16.0 Å². The van der Waals surface area contributed by atoms with Crippen LogP contribution in [-0.4, -0.2) is 30.2 Å². The Morgan fingerprint density at radius 3 is 2.63 bits per heavy atom. The van der Waals surface area contributed by atoms with Crippen LogP contribution < -0.4 is 5.32 Å². The first-order valence-electron chi connectivity index (χ1n) is 9.57. The van der Waals surface area contributed by atoms with Crippen LogP contribution >= 0.6 is 11.6 Å². The zero-order valence-electron chi connectivity index (χ0n) is 16.0. The van der Waals surface area contributed by atoms with Crippen LogP contribution in [0.25, 0.3) is 6.08 Å².